The third-order valence-corrected chi connectivity index (χ3v) is 9.54. The number of aromatic nitrogens is 3. The molecule has 1 saturated heterocycles. The lowest BCUT2D eigenvalue weighted by atomic mass is 9.78. The van der Waals surface area contributed by atoms with E-state index in [0.29, 0.717) is 19.0 Å². The summed E-state index contributed by atoms with van der Waals surface area (Å²) in [5, 5.41) is 8.16. The van der Waals surface area contributed by atoms with Crippen LogP contribution >= 0.6 is 0 Å². The zero-order valence-corrected chi connectivity index (χ0v) is 24.5. The maximum atomic E-state index is 13.6. The summed E-state index contributed by atoms with van der Waals surface area (Å²) >= 11 is 0. The number of allylic oxidation sites excluding steroid dienone is 2. The Bertz CT molecular complexity index is 1610. The van der Waals surface area contributed by atoms with E-state index in [9.17, 15) is 9.18 Å². The number of urea groups is 1. The molecule has 43 heavy (non-hydrogen) atoms. The molecular weight excluding hydrogens is 539 g/mol. The number of pyridine rings is 1. The van der Waals surface area contributed by atoms with E-state index in [2.05, 4.69) is 46.4 Å². The maximum absolute atomic E-state index is 13.6. The molecule has 2 amide bonds. The second kappa shape index (κ2) is 11.7. The molecule has 0 spiro atoms. The molecule has 8 heteroatoms. The Balaban J connectivity index is 1.07. The summed E-state index contributed by atoms with van der Waals surface area (Å²) in [6, 6.07) is 21.0. The molecule has 1 N–H and O–H groups in total. The second-order valence-electron chi connectivity index (χ2n) is 12.0. The fourth-order valence-electron chi connectivity index (χ4n) is 7.34. The number of carbonyl (C=O) groups is 1. The molecule has 7 nitrogen and oxygen atoms in total. The minimum absolute atomic E-state index is 0.00924. The number of benzene rings is 2. The normalized spacial score (nSPS) is 20.5. The highest BCUT2D eigenvalue weighted by atomic mass is 19.1. The van der Waals surface area contributed by atoms with Gasteiger partial charge in [0.25, 0.3) is 0 Å². The van der Waals surface area contributed by atoms with E-state index in [0.717, 1.165) is 55.7 Å². The first kappa shape index (κ1) is 27.4. The number of fused-ring (bicyclic) bond motifs is 1. The van der Waals surface area contributed by atoms with Crippen LogP contribution < -0.4 is 10.2 Å². The van der Waals surface area contributed by atoms with Gasteiger partial charge in [-0.05, 0) is 67.1 Å². The van der Waals surface area contributed by atoms with Crippen molar-refractivity contribution in [2.24, 2.45) is 5.92 Å². The van der Waals surface area contributed by atoms with Crippen molar-refractivity contribution in [3.05, 3.63) is 119 Å². The maximum Gasteiger partial charge on any atom is 0.318 e. The van der Waals surface area contributed by atoms with Crippen molar-refractivity contribution in [3.8, 4) is 5.69 Å². The first-order valence-electron chi connectivity index (χ1n) is 15.3. The van der Waals surface area contributed by atoms with Crippen LogP contribution in [-0.2, 0) is 6.42 Å². The van der Waals surface area contributed by atoms with Crippen LogP contribution in [0.3, 0.4) is 0 Å². The van der Waals surface area contributed by atoms with Gasteiger partial charge >= 0.3 is 6.03 Å². The number of hydrogen-bond donors (Lipinski definition) is 1. The van der Waals surface area contributed by atoms with Crippen molar-refractivity contribution in [2.75, 3.05) is 31.1 Å². The molecular formula is C35H37FN6O. The molecule has 2 aromatic heterocycles. The second-order valence-corrected chi connectivity index (χ2v) is 12.0. The number of amides is 2. The van der Waals surface area contributed by atoms with Crippen LogP contribution in [0.25, 0.3) is 5.69 Å². The molecule has 1 unspecified atom stereocenters. The Morgan fingerprint density at radius 3 is 2.47 bits per heavy atom. The monoisotopic (exact) mass is 576 g/mol. The Morgan fingerprint density at radius 1 is 0.977 bits per heavy atom. The molecule has 2 aliphatic carbocycles. The number of piperazine rings is 1. The molecule has 0 saturated carbocycles. The first-order chi connectivity index (χ1) is 21.0. The van der Waals surface area contributed by atoms with Gasteiger partial charge in [-0.25, -0.2) is 13.9 Å². The predicted molar refractivity (Wildman–Crippen MR) is 166 cm³/mol. The zero-order valence-electron chi connectivity index (χ0n) is 24.5. The summed E-state index contributed by atoms with van der Waals surface area (Å²) in [6.45, 7) is 5.27. The summed E-state index contributed by atoms with van der Waals surface area (Å²) in [6.07, 6.45) is 9.51. The topological polar surface area (TPSA) is 66.3 Å². The molecule has 0 radical (unpaired) electrons. The Morgan fingerprint density at radius 2 is 1.72 bits per heavy atom. The minimum Gasteiger partial charge on any atom is -0.368 e. The number of hydrogen-bond acceptors (Lipinski definition) is 4. The molecule has 3 atom stereocenters. The molecule has 0 bridgehead atoms. The zero-order chi connectivity index (χ0) is 29.3. The highest BCUT2D eigenvalue weighted by Gasteiger charge is 2.37. The number of nitrogens with one attached hydrogen (secondary N) is 1. The number of anilines is 1. The van der Waals surface area contributed by atoms with Gasteiger partial charge in [0, 0.05) is 62.2 Å². The average molecular weight is 577 g/mol. The van der Waals surface area contributed by atoms with Gasteiger partial charge in [0.1, 0.15) is 5.82 Å². The summed E-state index contributed by atoms with van der Waals surface area (Å²) in [7, 11) is 0. The minimum atomic E-state index is -0.242. The van der Waals surface area contributed by atoms with Crippen molar-refractivity contribution in [1.82, 2.24) is 25.0 Å². The van der Waals surface area contributed by atoms with Crippen LogP contribution in [0.4, 0.5) is 14.9 Å². The van der Waals surface area contributed by atoms with Crippen molar-refractivity contribution in [1.29, 1.82) is 0 Å². The van der Waals surface area contributed by atoms with Gasteiger partial charge in [-0.15, -0.1) is 0 Å². The first-order valence-corrected chi connectivity index (χ1v) is 15.3. The fourth-order valence-corrected chi connectivity index (χ4v) is 7.34. The fraction of sp³-hybridized carbons (Fsp3) is 0.343. The summed E-state index contributed by atoms with van der Waals surface area (Å²) in [5.41, 5.74) is 8.66. The van der Waals surface area contributed by atoms with Gasteiger partial charge in [-0.3, -0.25) is 4.98 Å². The van der Waals surface area contributed by atoms with Crippen LogP contribution in [0.2, 0.25) is 0 Å². The van der Waals surface area contributed by atoms with Gasteiger partial charge in [0.05, 0.1) is 23.6 Å². The molecule has 7 rings (SSSR count). The van der Waals surface area contributed by atoms with Crippen LogP contribution in [0.5, 0.6) is 0 Å². The smallest absolute Gasteiger partial charge is 0.318 e. The Labute approximate surface area is 252 Å². The van der Waals surface area contributed by atoms with E-state index in [-0.39, 0.29) is 23.8 Å². The van der Waals surface area contributed by atoms with Gasteiger partial charge in [0.2, 0.25) is 0 Å². The molecule has 220 valence electrons. The van der Waals surface area contributed by atoms with E-state index in [4.69, 9.17) is 5.10 Å². The van der Waals surface area contributed by atoms with Crippen LogP contribution in [0.15, 0.2) is 96.5 Å². The van der Waals surface area contributed by atoms with Crippen molar-refractivity contribution >= 4 is 11.7 Å². The van der Waals surface area contributed by atoms with Crippen molar-refractivity contribution < 1.29 is 9.18 Å². The van der Waals surface area contributed by atoms with Gasteiger partial charge in [0.15, 0.2) is 0 Å². The number of nitrogens with zero attached hydrogens (tertiary/aromatic N) is 5. The third-order valence-electron chi connectivity index (χ3n) is 9.54. The Hall–Kier alpha value is -4.46. The lowest BCUT2D eigenvalue weighted by molar-refractivity contribution is 0.188. The van der Waals surface area contributed by atoms with Crippen molar-refractivity contribution in [2.45, 2.75) is 44.6 Å². The predicted octanol–water partition coefficient (Wildman–Crippen LogP) is 6.44. The highest BCUT2D eigenvalue weighted by molar-refractivity contribution is 5.75. The SMILES string of the molecule is C[C@@H]1C2=C(CC[C@@H]2CC(NC(=O)N2CCN(c3ccncc3)CC2)c2ccccc2)Cc2c1cnn2-c1ccc(F)cc1. The quantitative estimate of drug-likeness (QED) is 0.269. The highest BCUT2D eigenvalue weighted by Crippen LogP contribution is 2.49. The lowest BCUT2D eigenvalue weighted by Crippen LogP contribution is -2.52. The largest absolute Gasteiger partial charge is 0.368 e. The molecule has 1 aliphatic heterocycles. The van der Waals surface area contributed by atoms with E-state index in [1.54, 1.807) is 12.1 Å². The van der Waals surface area contributed by atoms with E-state index >= 15 is 0 Å². The van der Waals surface area contributed by atoms with Crippen LogP contribution in [-0.4, -0.2) is 51.9 Å². The molecule has 3 heterocycles. The van der Waals surface area contributed by atoms with Crippen LogP contribution in [0, 0.1) is 11.7 Å². The van der Waals surface area contributed by atoms with E-state index in [1.165, 1.54) is 34.5 Å². The van der Waals surface area contributed by atoms with Crippen molar-refractivity contribution in [3.63, 3.8) is 0 Å². The lowest BCUT2D eigenvalue weighted by Gasteiger charge is -2.37. The van der Waals surface area contributed by atoms with Gasteiger partial charge < -0.3 is 15.1 Å². The van der Waals surface area contributed by atoms with E-state index in [1.807, 2.05) is 46.4 Å². The average Bonchev–Trinajstić information content (AvgIpc) is 3.67. The van der Waals surface area contributed by atoms with Gasteiger partial charge in [-0.1, -0.05) is 48.4 Å². The number of halogens is 1. The molecule has 3 aliphatic rings. The molecule has 1 fully saturated rings. The number of carbonyl (C=O) groups excluding carboxylic acids is 1. The van der Waals surface area contributed by atoms with Gasteiger partial charge in [-0.2, -0.15) is 5.10 Å². The Kier molecular flexibility index (Phi) is 7.43. The standard InChI is InChI=1S/C35H37FN6O/c1-24-31-23-38-42(30-11-9-28(36)10-12-30)33(31)22-27-8-7-26(34(24)27)21-32(25-5-3-2-4-6-25)39-35(43)41-19-17-40(18-20-41)29-13-15-37-16-14-29/h2-6,9-16,23-24,26,32H,7-8,17-22H2,1H3,(H,39,43)/t24-,26+,32?/m0/s1. The van der Waals surface area contributed by atoms with Crippen LogP contribution in [0.1, 0.15) is 55.0 Å². The summed E-state index contributed by atoms with van der Waals surface area (Å²) in [5.74, 6) is 0.407. The molecule has 4 aromatic rings. The molecule has 2 aromatic carbocycles. The third kappa shape index (κ3) is 5.42. The number of rotatable bonds is 6. The summed E-state index contributed by atoms with van der Waals surface area (Å²) in [4.78, 5) is 22.0. The summed E-state index contributed by atoms with van der Waals surface area (Å²) < 4.78 is 15.5. The van der Waals surface area contributed by atoms with E-state index < -0.39 is 0 Å².